The van der Waals surface area contributed by atoms with Gasteiger partial charge in [0.15, 0.2) is 5.03 Å². The number of aryl methyl sites for hydroxylation is 2. The molecule has 0 aromatic carbocycles. The van der Waals surface area contributed by atoms with E-state index < -0.39 is 10.0 Å². The number of rotatable bonds is 5. The van der Waals surface area contributed by atoms with E-state index in [0.29, 0.717) is 24.2 Å². The Labute approximate surface area is 105 Å². The van der Waals surface area contributed by atoms with E-state index in [9.17, 15) is 8.42 Å². The Morgan fingerprint density at radius 3 is 2.56 bits per heavy atom. The average Bonchev–Trinajstić information content (AvgIpc) is 2.56. The van der Waals surface area contributed by atoms with Crippen molar-refractivity contribution in [3.63, 3.8) is 0 Å². The van der Waals surface area contributed by atoms with E-state index in [1.54, 1.807) is 24.7 Å². The molecule has 0 aliphatic carbocycles. The van der Waals surface area contributed by atoms with Crippen molar-refractivity contribution in [3.8, 4) is 0 Å². The Bertz CT molecular complexity index is 436. The minimum Gasteiger partial charge on any atom is -0.337 e. The van der Waals surface area contributed by atoms with Gasteiger partial charge in [0.1, 0.15) is 5.82 Å². The Balaban J connectivity index is 3.09. The lowest BCUT2D eigenvalue weighted by molar-refractivity contribution is 0.446. The maximum Gasteiger partial charge on any atom is 0.262 e. The van der Waals surface area contributed by atoms with Crippen LogP contribution in [0.1, 0.15) is 12.7 Å². The van der Waals surface area contributed by atoms with E-state index in [0.717, 1.165) is 0 Å². The maximum absolute atomic E-state index is 12.1. The molecule has 0 atom stereocenters. The largest absolute Gasteiger partial charge is 0.337 e. The molecule has 5 nitrogen and oxygen atoms in total. The smallest absolute Gasteiger partial charge is 0.262 e. The first-order valence-corrected chi connectivity index (χ1v) is 7.55. The van der Waals surface area contributed by atoms with Gasteiger partial charge in [-0.15, -0.1) is 0 Å². The molecule has 0 aliphatic rings. The number of hydrogen-bond donors (Lipinski definition) is 0. The number of aromatic nitrogens is 2. The van der Waals surface area contributed by atoms with Crippen LogP contribution in [0.5, 0.6) is 0 Å². The van der Waals surface area contributed by atoms with Gasteiger partial charge < -0.3 is 4.57 Å². The first-order chi connectivity index (χ1) is 7.43. The van der Waals surface area contributed by atoms with Gasteiger partial charge in [-0.2, -0.15) is 4.31 Å². The number of imidazole rings is 1. The van der Waals surface area contributed by atoms with Crippen LogP contribution in [0.15, 0.2) is 11.2 Å². The van der Waals surface area contributed by atoms with E-state index in [-0.39, 0.29) is 5.03 Å². The normalized spacial score (nSPS) is 12.3. The van der Waals surface area contributed by atoms with E-state index >= 15 is 0 Å². The van der Waals surface area contributed by atoms with Gasteiger partial charge in [0, 0.05) is 31.7 Å². The third kappa shape index (κ3) is 2.64. The van der Waals surface area contributed by atoms with Crippen LogP contribution in [-0.4, -0.2) is 40.7 Å². The Kier molecular flexibility index (Phi) is 4.52. The van der Waals surface area contributed by atoms with Crippen LogP contribution in [0.3, 0.4) is 0 Å². The molecule has 0 unspecified atom stereocenters. The summed E-state index contributed by atoms with van der Waals surface area (Å²) < 4.78 is 27.4. The summed E-state index contributed by atoms with van der Waals surface area (Å²) in [5.41, 5.74) is 0. The van der Waals surface area contributed by atoms with Gasteiger partial charge in [-0.05, 0) is 6.92 Å². The minimum absolute atomic E-state index is 0.121. The Hall–Kier alpha value is -0.400. The molecule has 0 amide bonds. The van der Waals surface area contributed by atoms with Crippen LogP contribution in [0.2, 0.25) is 0 Å². The Morgan fingerprint density at radius 2 is 2.19 bits per heavy atom. The number of sulfonamides is 1. The molecule has 16 heavy (non-hydrogen) atoms. The van der Waals surface area contributed by atoms with Crippen molar-refractivity contribution in [1.29, 1.82) is 0 Å². The van der Waals surface area contributed by atoms with E-state index in [4.69, 9.17) is 0 Å². The second-order valence-electron chi connectivity index (χ2n) is 3.42. The molecule has 0 bridgehead atoms. The standard InChI is InChI=1S/C9H16BrN3O2S/c1-4-13(6-5-10)16(14,15)9-7-12(3)8(2)11-9/h7H,4-6H2,1-3H3. The molecule has 0 radical (unpaired) electrons. The second-order valence-corrected chi connectivity index (χ2v) is 6.10. The van der Waals surface area contributed by atoms with Crippen LogP contribution in [0.25, 0.3) is 0 Å². The molecular formula is C9H16BrN3O2S. The number of alkyl halides is 1. The zero-order valence-electron chi connectivity index (χ0n) is 9.64. The fourth-order valence-corrected chi connectivity index (χ4v) is 3.46. The quantitative estimate of drug-likeness (QED) is 0.766. The summed E-state index contributed by atoms with van der Waals surface area (Å²) in [5, 5.41) is 0.738. The number of nitrogens with zero attached hydrogens (tertiary/aromatic N) is 3. The molecule has 7 heteroatoms. The van der Waals surface area contributed by atoms with Crippen LogP contribution in [0, 0.1) is 6.92 Å². The molecule has 0 spiro atoms. The zero-order chi connectivity index (χ0) is 12.3. The Morgan fingerprint density at radius 1 is 1.56 bits per heavy atom. The first kappa shape index (κ1) is 13.7. The molecule has 1 aromatic rings. The summed E-state index contributed by atoms with van der Waals surface area (Å²) in [5.74, 6) is 0.688. The lowest BCUT2D eigenvalue weighted by atomic mass is 10.7. The van der Waals surface area contributed by atoms with Crippen LogP contribution < -0.4 is 0 Å². The van der Waals surface area contributed by atoms with Crippen molar-refractivity contribution >= 4 is 26.0 Å². The van der Waals surface area contributed by atoms with Crippen molar-refractivity contribution in [3.05, 3.63) is 12.0 Å². The summed E-state index contributed by atoms with van der Waals surface area (Å²) in [6, 6.07) is 0. The molecule has 1 rings (SSSR count). The van der Waals surface area contributed by atoms with Gasteiger partial charge in [-0.25, -0.2) is 13.4 Å². The van der Waals surface area contributed by atoms with E-state index in [1.807, 2.05) is 6.92 Å². The summed E-state index contributed by atoms with van der Waals surface area (Å²) in [4.78, 5) is 4.05. The van der Waals surface area contributed by atoms with Gasteiger partial charge in [0.25, 0.3) is 10.0 Å². The third-order valence-electron chi connectivity index (χ3n) is 2.38. The summed E-state index contributed by atoms with van der Waals surface area (Å²) >= 11 is 3.24. The highest BCUT2D eigenvalue weighted by Crippen LogP contribution is 2.14. The highest BCUT2D eigenvalue weighted by atomic mass is 79.9. The van der Waals surface area contributed by atoms with Crippen molar-refractivity contribution in [2.75, 3.05) is 18.4 Å². The predicted octanol–water partition coefficient (Wildman–Crippen LogP) is 1.13. The van der Waals surface area contributed by atoms with Gasteiger partial charge >= 0.3 is 0 Å². The fraction of sp³-hybridized carbons (Fsp3) is 0.667. The fourth-order valence-electron chi connectivity index (χ4n) is 1.33. The highest BCUT2D eigenvalue weighted by Gasteiger charge is 2.25. The van der Waals surface area contributed by atoms with Crippen molar-refractivity contribution in [2.45, 2.75) is 18.9 Å². The third-order valence-corrected chi connectivity index (χ3v) is 4.58. The van der Waals surface area contributed by atoms with Crippen molar-refractivity contribution in [2.24, 2.45) is 7.05 Å². The van der Waals surface area contributed by atoms with Crippen LogP contribution in [0.4, 0.5) is 0 Å². The van der Waals surface area contributed by atoms with E-state index in [1.165, 1.54) is 4.31 Å². The van der Waals surface area contributed by atoms with E-state index in [2.05, 4.69) is 20.9 Å². The lowest BCUT2D eigenvalue weighted by Gasteiger charge is -2.17. The van der Waals surface area contributed by atoms with Gasteiger partial charge in [0.05, 0.1) is 0 Å². The monoisotopic (exact) mass is 309 g/mol. The minimum atomic E-state index is -3.44. The SMILES string of the molecule is CCN(CCBr)S(=O)(=O)c1cn(C)c(C)n1. The van der Waals surface area contributed by atoms with Gasteiger partial charge in [0.2, 0.25) is 0 Å². The number of hydrogen-bond acceptors (Lipinski definition) is 3. The molecule has 0 fully saturated rings. The molecule has 0 saturated carbocycles. The topological polar surface area (TPSA) is 55.2 Å². The molecular weight excluding hydrogens is 294 g/mol. The lowest BCUT2D eigenvalue weighted by Crippen LogP contribution is -2.32. The highest BCUT2D eigenvalue weighted by molar-refractivity contribution is 9.09. The predicted molar refractivity (Wildman–Crippen MR) is 66.2 cm³/mol. The molecule has 0 N–H and O–H groups in total. The molecule has 0 aliphatic heterocycles. The zero-order valence-corrected chi connectivity index (χ0v) is 12.0. The summed E-state index contributed by atoms with van der Waals surface area (Å²) in [7, 11) is -1.66. The van der Waals surface area contributed by atoms with Crippen molar-refractivity contribution < 1.29 is 8.42 Å². The second kappa shape index (κ2) is 5.29. The molecule has 92 valence electrons. The van der Waals surface area contributed by atoms with Gasteiger partial charge in [-0.1, -0.05) is 22.9 Å². The summed E-state index contributed by atoms with van der Waals surface area (Å²) in [6.45, 7) is 4.49. The number of halogens is 1. The van der Waals surface area contributed by atoms with Crippen LogP contribution in [-0.2, 0) is 17.1 Å². The first-order valence-electron chi connectivity index (χ1n) is 4.99. The molecule has 0 saturated heterocycles. The summed E-state index contributed by atoms with van der Waals surface area (Å²) in [6.07, 6.45) is 1.54. The molecule has 1 aromatic heterocycles. The van der Waals surface area contributed by atoms with Crippen molar-refractivity contribution in [1.82, 2.24) is 13.9 Å². The maximum atomic E-state index is 12.1. The average molecular weight is 310 g/mol. The molecule has 1 heterocycles. The van der Waals surface area contributed by atoms with Gasteiger partial charge in [-0.3, -0.25) is 0 Å². The van der Waals surface area contributed by atoms with Crippen LogP contribution >= 0.6 is 15.9 Å².